The van der Waals surface area contributed by atoms with Gasteiger partial charge in [-0.25, -0.2) is 0 Å². The van der Waals surface area contributed by atoms with Crippen LogP contribution in [0.2, 0.25) is 0 Å². The zero-order valence-electron chi connectivity index (χ0n) is 9.37. The van der Waals surface area contributed by atoms with Gasteiger partial charge in [0.1, 0.15) is 0 Å². The Labute approximate surface area is 88.0 Å². The molecule has 84 valence electrons. The largest absolute Gasteiger partial charge is 0.392 e. The summed E-state index contributed by atoms with van der Waals surface area (Å²) in [6, 6.07) is 0. The average molecular weight is 200 g/mol. The highest BCUT2D eigenvalue weighted by Crippen LogP contribution is 2.04. The predicted molar refractivity (Wildman–Crippen MR) is 60.4 cm³/mol. The van der Waals surface area contributed by atoms with E-state index < -0.39 is 0 Å². The lowest BCUT2D eigenvalue weighted by molar-refractivity contribution is 0.156. The monoisotopic (exact) mass is 200 g/mol. The predicted octanol–water partition coefficient (Wildman–Crippen LogP) is 2.91. The van der Waals surface area contributed by atoms with Gasteiger partial charge in [0, 0.05) is 6.61 Å². The minimum Gasteiger partial charge on any atom is -0.392 e. The van der Waals surface area contributed by atoms with E-state index in [9.17, 15) is 0 Å². The van der Waals surface area contributed by atoms with Crippen molar-refractivity contribution in [3.63, 3.8) is 0 Å². The Kier molecular flexibility index (Phi) is 12.4. The lowest BCUT2D eigenvalue weighted by atomic mass is 10.1. The number of hydrogen-bond acceptors (Lipinski definition) is 2. The number of rotatable bonds is 10. The Morgan fingerprint density at radius 1 is 1.00 bits per heavy atom. The van der Waals surface area contributed by atoms with Crippen molar-refractivity contribution in [3.05, 3.63) is 12.2 Å². The maximum atomic E-state index is 8.45. The summed E-state index contributed by atoms with van der Waals surface area (Å²) in [5.74, 6) is 0. The van der Waals surface area contributed by atoms with Crippen LogP contribution in [-0.2, 0) is 4.74 Å². The molecule has 0 rings (SSSR count). The van der Waals surface area contributed by atoms with Gasteiger partial charge in [-0.05, 0) is 6.42 Å². The summed E-state index contributed by atoms with van der Waals surface area (Å²) in [6.07, 6.45) is 11.4. The Hall–Kier alpha value is -0.340. The molecule has 0 amide bonds. The Balaban J connectivity index is 2.88. The van der Waals surface area contributed by atoms with E-state index in [0.29, 0.717) is 6.61 Å². The molecule has 0 atom stereocenters. The molecule has 0 fully saturated rings. The van der Waals surface area contributed by atoms with Crippen LogP contribution in [-0.4, -0.2) is 24.9 Å². The second-order valence-electron chi connectivity index (χ2n) is 3.50. The maximum absolute atomic E-state index is 8.45. The van der Waals surface area contributed by atoms with Crippen molar-refractivity contribution in [1.29, 1.82) is 0 Å². The van der Waals surface area contributed by atoms with E-state index >= 15 is 0 Å². The van der Waals surface area contributed by atoms with E-state index in [-0.39, 0.29) is 6.61 Å². The molecule has 14 heavy (non-hydrogen) atoms. The van der Waals surface area contributed by atoms with Gasteiger partial charge in [0.25, 0.3) is 0 Å². The van der Waals surface area contributed by atoms with E-state index in [2.05, 4.69) is 6.92 Å². The fourth-order valence-corrected chi connectivity index (χ4v) is 1.28. The van der Waals surface area contributed by atoms with Crippen LogP contribution in [0, 0.1) is 0 Å². The van der Waals surface area contributed by atoms with Gasteiger partial charge >= 0.3 is 0 Å². The van der Waals surface area contributed by atoms with Crippen molar-refractivity contribution in [1.82, 2.24) is 0 Å². The third kappa shape index (κ3) is 11.7. The topological polar surface area (TPSA) is 29.5 Å². The summed E-state index contributed by atoms with van der Waals surface area (Å²) in [5.41, 5.74) is 0. The van der Waals surface area contributed by atoms with Crippen molar-refractivity contribution < 1.29 is 9.84 Å². The second kappa shape index (κ2) is 12.7. The molecule has 0 unspecified atom stereocenters. The van der Waals surface area contributed by atoms with Crippen LogP contribution in [0.4, 0.5) is 0 Å². The fraction of sp³-hybridized carbons (Fsp3) is 0.833. The smallest absolute Gasteiger partial charge is 0.0648 e. The van der Waals surface area contributed by atoms with E-state index in [0.717, 1.165) is 13.0 Å². The molecule has 1 N–H and O–H groups in total. The van der Waals surface area contributed by atoms with Gasteiger partial charge in [-0.3, -0.25) is 0 Å². The third-order valence-electron chi connectivity index (χ3n) is 2.13. The molecular weight excluding hydrogens is 176 g/mol. The van der Waals surface area contributed by atoms with Crippen molar-refractivity contribution >= 4 is 0 Å². The SMILES string of the molecule is CCCCCCCCOCC=CCO. The van der Waals surface area contributed by atoms with Crippen molar-refractivity contribution in [2.75, 3.05) is 19.8 Å². The summed E-state index contributed by atoms with van der Waals surface area (Å²) >= 11 is 0. The van der Waals surface area contributed by atoms with Crippen LogP contribution < -0.4 is 0 Å². The van der Waals surface area contributed by atoms with Gasteiger partial charge in [-0.2, -0.15) is 0 Å². The first-order valence-corrected chi connectivity index (χ1v) is 5.75. The Morgan fingerprint density at radius 2 is 1.71 bits per heavy atom. The lowest BCUT2D eigenvalue weighted by Gasteiger charge is -2.01. The van der Waals surface area contributed by atoms with Gasteiger partial charge in [-0.15, -0.1) is 0 Å². The first-order chi connectivity index (χ1) is 6.91. The maximum Gasteiger partial charge on any atom is 0.0648 e. The van der Waals surface area contributed by atoms with Crippen LogP contribution in [0.15, 0.2) is 12.2 Å². The van der Waals surface area contributed by atoms with Gasteiger partial charge in [0.05, 0.1) is 13.2 Å². The molecule has 0 aliphatic heterocycles. The molecule has 2 heteroatoms. The molecule has 0 aliphatic rings. The van der Waals surface area contributed by atoms with Crippen LogP contribution in [0.5, 0.6) is 0 Å². The molecule has 2 nitrogen and oxygen atoms in total. The Morgan fingerprint density at radius 3 is 2.43 bits per heavy atom. The van der Waals surface area contributed by atoms with E-state index in [1.165, 1.54) is 32.1 Å². The highest BCUT2D eigenvalue weighted by Gasteiger charge is 1.89. The van der Waals surface area contributed by atoms with Crippen LogP contribution in [0.3, 0.4) is 0 Å². The number of ether oxygens (including phenoxy) is 1. The second-order valence-corrected chi connectivity index (χ2v) is 3.50. The van der Waals surface area contributed by atoms with E-state index in [4.69, 9.17) is 9.84 Å². The third-order valence-corrected chi connectivity index (χ3v) is 2.13. The van der Waals surface area contributed by atoms with Gasteiger partial charge in [-0.1, -0.05) is 51.2 Å². The highest BCUT2D eigenvalue weighted by molar-refractivity contribution is 4.80. The molecule has 0 aliphatic carbocycles. The van der Waals surface area contributed by atoms with Crippen LogP contribution in [0.25, 0.3) is 0 Å². The molecule has 0 heterocycles. The van der Waals surface area contributed by atoms with Crippen LogP contribution in [0.1, 0.15) is 45.4 Å². The van der Waals surface area contributed by atoms with Gasteiger partial charge < -0.3 is 9.84 Å². The molecule has 0 aromatic rings. The Bertz CT molecular complexity index is 121. The summed E-state index contributed by atoms with van der Waals surface area (Å²) < 4.78 is 5.34. The molecule has 0 radical (unpaired) electrons. The normalized spacial score (nSPS) is 11.3. The summed E-state index contributed by atoms with van der Waals surface area (Å²) in [7, 11) is 0. The number of aliphatic hydroxyl groups is 1. The fourth-order valence-electron chi connectivity index (χ4n) is 1.28. The van der Waals surface area contributed by atoms with E-state index in [1.54, 1.807) is 6.08 Å². The van der Waals surface area contributed by atoms with Gasteiger partial charge in [0.2, 0.25) is 0 Å². The van der Waals surface area contributed by atoms with E-state index in [1.807, 2.05) is 6.08 Å². The minimum atomic E-state index is 0.111. The zero-order valence-corrected chi connectivity index (χ0v) is 9.37. The first kappa shape index (κ1) is 13.7. The number of unbranched alkanes of at least 4 members (excludes halogenated alkanes) is 5. The first-order valence-electron chi connectivity index (χ1n) is 5.75. The standard InChI is InChI=1S/C12H24O2/c1-2-3-4-5-6-8-11-14-12-9-7-10-13/h7,9,13H,2-6,8,10-12H2,1H3. The summed E-state index contributed by atoms with van der Waals surface area (Å²) in [4.78, 5) is 0. The minimum absolute atomic E-state index is 0.111. The molecule has 0 saturated carbocycles. The van der Waals surface area contributed by atoms with Crippen molar-refractivity contribution in [2.24, 2.45) is 0 Å². The van der Waals surface area contributed by atoms with Crippen molar-refractivity contribution in [3.8, 4) is 0 Å². The molecule has 0 aromatic heterocycles. The van der Waals surface area contributed by atoms with Gasteiger partial charge in [0.15, 0.2) is 0 Å². The quantitative estimate of drug-likeness (QED) is 0.434. The number of aliphatic hydroxyl groups excluding tert-OH is 1. The van der Waals surface area contributed by atoms with Crippen molar-refractivity contribution in [2.45, 2.75) is 45.4 Å². The molecule has 0 saturated heterocycles. The molecule has 0 bridgehead atoms. The lowest BCUT2D eigenvalue weighted by Crippen LogP contribution is -1.94. The molecule has 0 aromatic carbocycles. The molecular formula is C12H24O2. The average Bonchev–Trinajstić information content (AvgIpc) is 2.21. The number of hydrogen-bond donors (Lipinski definition) is 1. The van der Waals surface area contributed by atoms with Crippen LogP contribution >= 0.6 is 0 Å². The zero-order chi connectivity index (χ0) is 10.5. The molecule has 0 spiro atoms. The summed E-state index contributed by atoms with van der Waals surface area (Å²) in [5, 5.41) is 8.45. The highest BCUT2D eigenvalue weighted by atomic mass is 16.5. The summed E-state index contributed by atoms with van der Waals surface area (Å²) in [6.45, 7) is 3.83.